The monoisotopic (exact) mass is 318 g/mol. The highest BCUT2D eigenvalue weighted by atomic mass is 16.5. The molecule has 2 aliphatic rings. The molecule has 2 heterocycles. The van der Waals surface area contributed by atoms with Gasteiger partial charge in [-0.05, 0) is 44.7 Å². The van der Waals surface area contributed by atoms with E-state index in [1.54, 1.807) is 0 Å². The second kappa shape index (κ2) is 7.21. The zero-order valence-corrected chi connectivity index (χ0v) is 13.9. The van der Waals surface area contributed by atoms with Crippen molar-refractivity contribution in [3.8, 4) is 5.75 Å². The molecule has 0 spiro atoms. The minimum Gasteiger partial charge on any atom is -0.489 e. The number of nitrogens with one attached hydrogen (secondary N) is 2. The van der Waals surface area contributed by atoms with Gasteiger partial charge in [0.1, 0.15) is 11.9 Å². The quantitative estimate of drug-likeness (QED) is 0.848. The number of para-hydroxylation sites is 1. The Balaban J connectivity index is 1.35. The molecule has 0 saturated carbocycles. The normalized spacial score (nSPS) is 26.8. The number of hydrogen-bond acceptors (Lipinski definition) is 3. The molecule has 2 aliphatic heterocycles. The molecule has 5 nitrogen and oxygen atoms in total. The molecule has 0 unspecified atom stereocenters. The largest absolute Gasteiger partial charge is 0.489 e. The van der Waals surface area contributed by atoms with E-state index in [0.717, 1.165) is 24.2 Å². The second-order valence-electron chi connectivity index (χ2n) is 6.65. The summed E-state index contributed by atoms with van der Waals surface area (Å²) in [7, 11) is 0. The van der Waals surface area contributed by atoms with E-state index in [4.69, 9.17) is 9.47 Å². The van der Waals surface area contributed by atoms with Gasteiger partial charge in [0.25, 0.3) is 0 Å². The molecule has 4 atom stereocenters. The van der Waals surface area contributed by atoms with Crippen LogP contribution in [0.3, 0.4) is 0 Å². The number of carbonyl (C=O) groups excluding carboxylic acids is 1. The molecule has 1 aromatic rings. The van der Waals surface area contributed by atoms with Gasteiger partial charge in [-0.15, -0.1) is 0 Å². The highest BCUT2D eigenvalue weighted by Crippen LogP contribution is 2.38. The Kier molecular flexibility index (Phi) is 5.06. The van der Waals surface area contributed by atoms with Crippen LogP contribution < -0.4 is 15.4 Å². The maximum absolute atomic E-state index is 11.9. The summed E-state index contributed by atoms with van der Waals surface area (Å²) in [5, 5.41) is 5.83. The van der Waals surface area contributed by atoms with Crippen LogP contribution in [0.15, 0.2) is 24.3 Å². The lowest BCUT2D eigenvalue weighted by Gasteiger charge is -2.20. The number of fused-ring (bicyclic) bond motifs is 2. The van der Waals surface area contributed by atoms with Gasteiger partial charge in [-0.1, -0.05) is 18.2 Å². The zero-order valence-electron chi connectivity index (χ0n) is 13.9. The van der Waals surface area contributed by atoms with Crippen molar-refractivity contribution in [2.45, 2.75) is 51.4 Å². The fraction of sp³-hybridized carbons (Fsp3) is 0.611. The Bertz CT molecular complexity index is 549. The molecule has 0 aliphatic carbocycles. The third-order valence-electron chi connectivity index (χ3n) is 4.73. The first-order valence-electron chi connectivity index (χ1n) is 8.51. The van der Waals surface area contributed by atoms with Gasteiger partial charge in [0.15, 0.2) is 0 Å². The van der Waals surface area contributed by atoms with Crippen LogP contribution in [0.2, 0.25) is 0 Å². The van der Waals surface area contributed by atoms with E-state index in [1.165, 1.54) is 6.42 Å². The van der Waals surface area contributed by atoms with Crippen molar-refractivity contribution in [1.29, 1.82) is 0 Å². The van der Waals surface area contributed by atoms with Crippen LogP contribution in [0.5, 0.6) is 5.75 Å². The molecule has 2 saturated heterocycles. The van der Waals surface area contributed by atoms with Crippen LogP contribution in [0, 0.1) is 12.8 Å². The Morgan fingerprint density at radius 1 is 1.35 bits per heavy atom. The second-order valence-corrected chi connectivity index (χ2v) is 6.65. The molecule has 23 heavy (non-hydrogen) atoms. The predicted octanol–water partition coefficient (Wildman–Crippen LogP) is 2.63. The first kappa shape index (κ1) is 16.1. The number of hydrogen-bond donors (Lipinski definition) is 2. The van der Waals surface area contributed by atoms with Crippen molar-refractivity contribution in [2.24, 2.45) is 5.92 Å². The van der Waals surface area contributed by atoms with Gasteiger partial charge >= 0.3 is 6.03 Å². The maximum Gasteiger partial charge on any atom is 0.314 e. The molecule has 0 aromatic heterocycles. The van der Waals surface area contributed by atoms with E-state index in [0.29, 0.717) is 31.2 Å². The smallest absolute Gasteiger partial charge is 0.314 e. The van der Waals surface area contributed by atoms with Gasteiger partial charge < -0.3 is 20.1 Å². The fourth-order valence-electron chi connectivity index (χ4n) is 3.43. The highest BCUT2D eigenvalue weighted by molar-refractivity contribution is 5.73. The summed E-state index contributed by atoms with van der Waals surface area (Å²) in [6, 6.07) is 7.76. The van der Waals surface area contributed by atoms with Gasteiger partial charge in [-0.3, -0.25) is 0 Å². The van der Waals surface area contributed by atoms with Crippen molar-refractivity contribution in [3.05, 3.63) is 29.8 Å². The van der Waals surface area contributed by atoms with Crippen LogP contribution >= 0.6 is 0 Å². The Hall–Kier alpha value is -1.75. The van der Waals surface area contributed by atoms with E-state index in [1.807, 2.05) is 38.1 Å². The molecule has 0 radical (unpaired) electrons. The van der Waals surface area contributed by atoms with Gasteiger partial charge in [0.2, 0.25) is 0 Å². The third kappa shape index (κ3) is 4.16. The Morgan fingerprint density at radius 3 is 2.87 bits per heavy atom. The first-order chi connectivity index (χ1) is 11.1. The van der Waals surface area contributed by atoms with Gasteiger partial charge in [-0.2, -0.15) is 0 Å². The fourth-order valence-corrected chi connectivity index (χ4v) is 3.43. The van der Waals surface area contributed by atoms with Crippen molar-refractivity contribution in [3.63, 3.8) is 0 Å². The average molecular weight is 318 g/mol. The number of urea groups is 1. The molecule has 2 bridgehead atoms. The third-order valence-corrected chi connectivity index (χ3v) is 4.73. The number of benzene rings is 1. The lowest BCUT2D eigenvalue weighted by Crippen LogP contribution is -2.43. The molecule has 126 valence electrons. The SMILES string of the molecule is Cc1ccccc1O[C@H](C)CNC(=O)NC[C@H]1C[C@H]2CC[C@H]1O2. The standard InChI is InChI=1S/C18H26N2O3/c1-12-5-3-4-6-16(12)22-13(2)10-19-18(21)20-11-14-9-15-7-8-17(14)23-15/h3-6,13-15,17H,7-11H2,1-2H3,(H2,19,20,21)/t13-,14-,15-,17-/m1/s1. The molecule has 3 rings (SSSR count). The van der Waals surface area contributed by atoms with Crippen LogP contribution in [0.25, 0.3) is 0 Å². The van der Waals surface area contributed by atoms with E-state index < -0.39 is 0 Å². The van der Waals surface area contributed by atoms with E-state index in [2.05, 4.69) is 10.6 Å². The van der Waals surface area contributed by atoms with Gasteiger partial charge in [0.05, 0.1) is 18.8 Å². The molecule has 2 fully saturated rings. The van der Waals surface area contributed by atoms with Crippen molar-refractivity contribution < 1.29 is 14.3 Å². The first-order valence-corrected chi connectivity index (χ1v) is 8.51. The minimum absolute atomic E-state index is 0.0762. The summed E-state index contributed by atoms with van der Waals surface area (Å²) in [5.74, 6) is 1.33. The number of ether oxygens (including phenoxy) is 2. The van der Waals surface area contributed by atoms with Gasteiger partial charge in [0, 0.05) is 12.5 Å². The van der Waals surface area contributed by atoms with Gasteiger partial charge in [-0.25, -0.2) is 4.79 Å². The number of aryl methyl sites for hydroxylation is 1. The van der Waals surface area contributed by atoms with Crippen LogP contribution in [0.4, 0.5) is 4.79 Å². The Morgan fingerprint density at radius 2 is 2.17 bits per heavy atom. The Labute approximate surface area is 137 Å². The number of carbonyl (C=O) groups is 1. The topological polar surface area (TPSA) is 59.6 Å². The zero-order chi connectivity index (χ0) is 16.2. The lowest BCUT2D eigenvalue weighted by molar-refractivity contribution is 0.0927. The van der Waals surface area contributed by atoms with Crippen molar-refractivity contribution in [1.82, 2.24) is 10.6 Å². The summed E-state index contributed by atoms with van der Waals surface area (Å²) in [4.78, 5) is 11.9. The molecular formula is C18H26N2O3. The van der Waals surface area contributed by atoms with Crippen LogP contribution in [-0.4, -0.2) is 37.4 Å². The number of amides is 2. The van der Waals surface area contributed by atoms with E-state index >= 15 is 0 Å². The highest BCUT2D eigenvalue weighted by Gasteiger charge is 2.40. The summed E-state index contributed by atoms with van der Waals surface area (Å²) in [5.41, 5.74) is 1.10. The summed E-state index contributed by atoms with van der Waals surface area (Å²) < 4.78 is 11.7. The molecule has 1 aromatic carbocycles. The maximum atomic E-state index is 11.9. The average Bonchev–Trinajstić information content (AvgIpc) is 3.16. The summed E-state index contributed by atoms with van der Waals surface area (Å²) in [6.07, 6.45) is 4.10. The minimum atomic E-state index is -0.131. The lowest BCUT2D eigenvalue weighted by atomic mass is 9.89. The van der Waals surface area contributed by atoms with Crippen molar-refractivity contribution in [2.75, 3.05) is 13.1 Å². The molecule has 5 heteroatoms. The van der Waals surface area contributed by atoms with E-state index in [9.17, 15) is 4.79 Å². The summed E-state index contributed by atoms with van der Waals surface area (Å²) >= 11 is 0. The summed E-state index contributed by atoms with van der Waals surface area (Å²) in [6.45, 7) is 5.14. The van der Waals surface area contributed by atoms with E-state index in [-0.39, 0.29) is 12.1 Å². The molecule has 2 amide bonds. The predicted molar refractivity (Wildman–Crippen MR) is 88.7 cm³/mol. The molecule has 2 N–H and O–H groups in total. The van der Waals surface area contributed by atoms with Crippen LogP contribution in [0.1, 0.15) is 31.7 Å². The van der Waals surface area contributed by atoms with Crippen LogP contribution in [-0.2, 0) is 4.74 Å². The number of rotatable bonds is 6. The molecular weight excluding hydrogens is 292 g/mol. The van der Waals surface area contributed by atoms with Crippen molar-refractivity contribution >= 4 is 6.03 Å².